The largest absolute Gasteiger partial charge is 0.351 e. The molecule has 0 saturated carbocycles. The minimum Gasteiger partial charge on any atom is -0.351 e. The number of piperidine rings is 1. The fraction of sp³-hybridized carbons (Fsp3) is 0.500. The molecule has 2 heterocycles. The van der Waals surface area contributed by atoms with Crippen LogP contribution in [0.4, 0.5) is 0 Å². The van der Waals surface area contributed by atoms with E-state index >= 15 is 0 Å². The number of hydrogen-bond donors (Lipinski definition) is 3. The molecular formula is C20H28ClN7S. The lowest BCUT2D eigenvalue weighted by Crippen LogP contribution is -2.62. The molecule has 0 aliphatic carbocycles. The zero-order chi connectivity index (χ0) is 21.4. The second-order valence-corrected chi connectivity index (χ2v) is 10.2. The van der Waals surface area contributed by atoms with Crippen molar-refractivity contribution in [3.63, 3.8) is 0 Å². The fourth-order valence-corrected chi connectivity index (χ4v) is 5.19. The molecule has 0 atom stereocenters. The third kappa shape index (κ3) is 5.18. The van der Waals surface area contributed by atoms with Gasteiger partial charge < -0.3 is 10.2 Å². The summed E-state index contributed by atoms with van der Waals surface area (Å²) in [4.78, 5) is 3.46. The maximum absolute atomic E-state index is 8.56. The van der Waals surface area contributed by atoms with Gasteiger partial charge in [-0.25, -0.2) is 0 Å². The van der Waals surface area contributed by atoms with E-state index in [0.29, 0.717) is 15.8 Å². The number of aromatic nitrogens is 3. The zero-order valence-corrected chi connectivity index (χ0v) is 19.0. The van der Waals surface area contributed by atoms with Crippen molar-refractivity contribution in [1.82, 2.24) is 25.2 Å². The van der Waals surface area contributed by atoms with Gasteiger partial charge in [-0.15, -0.1) is 0 Å². The van der Waals surface area contributed by atoms with Crippen molar-refractivity contribution in [3.8, 4) is 5.69 Å². The van der Waals surface area contributed by atoms with E-state index in [-0.39, 0.29) is 22.2 Å². The maximum atomic E-state index is 8.56. The summed E-state index contributed by atoms with van der Waals surface area (Å²) < 4.78 is 0. The number of amidine groups is 1. The van der Waals surface area contributed by atoms with E-state index in [2.05, 4.69) is 43.2 Å². The Kier molecular flexibility index (Phi) is 6.08. The number of nitrogens with zero attached hydrogens (tertiary/aromatic N) is 4. The first-order chi connectivity index (χ1) is 13.5. The topological polar surface area (TPSA) is 93.7 Å². The second kappa shape index (κ2) is 8.08. The molecule has 0 amide bonds. The molecule has 3 N–H and O–H groups in total. The van der Waals surface area contributed by atoms with Gasteiger partial charge in [0, 0.05) is 29.7 Å². The van der Waals surface area contributed by atoms with E-state index < -0.39 is 0 Å². The van der Waals surface area contributed by atoms with Crippen LogP contribution in [0.15, 0.2) is 30.6 Å². The highest BCUT2D eigenvalue weighted by molar-refractivity contribution is 8.26. The quantitative estimate of drug-likeness (QED) is 0.499. The summed E-state index contributed by atoms with van der Waals surface area (Å²) >= 11 is 7.53. The van der Waals surface area contributed by atoms with Crippen LogP contribution in [-0.4, -0.2) is 54.3 Å². The van der Waals surface area contributed by atoms with Crippen molar-refractivity contribution in [3.05, 3.63) is 41.2 Å². The second-order valence-electron chi connectivity index (χ2n) is 8.78. The molecule has 2 aromatic rings. The van der Waals surface area contributed by atoms with Gasteiger partial charge in [0.2, 0.25) is 0 Å². The van der Waals surface area contributed by atoms with Gasteiger partial charge in [0.25, 0.3) is 0 Å². The number of benzene rings is 1. The highest BCUT2D eigenvalue weighted by Gasteiger charge is 2.39. The number of rotatable bonds is 3. The van der Waals surface area contributed by atoms with E-state index in [1.54, 1.807) is 24.5 Å². The molecule has 29 heavy (non-hydrogen) atoms. The summed E-state index contributed by atoms with van der Waals surface area (Å²) in [6.45, 7) is 8.79. The number of nitrogens with one attached hydrogen (secondary N) is 3. The molecule has 3 rings (SSSR count). The van der Waals surface area contributed by atoms with Crippen molar-refractivity contribution in [2.75, 3.05) is 7.05 Å². The Labute approximate surface area is 181 Å². The molecule has 1 aromatic heterocycles. The first-order valence-electron chi connectivity index (χ1n) is 9.51. The summed E-state index contributed by atoms with van der Waals surface area (Å²) in [5.74, 6) is 0. The van der Waals surface area contributed by atoms with Crippen LogP contribution < -0.4 is 5.32 Å². The lowest BCUT2D eigenvalue weighted by atomic mass is 9.79. The summed E-state index contributed by atoms with van der Waals surface area (Å²) in [6.07, 6.45) is 5.07. The van der Waals surface area contributed by atoms with E-state index in [1.807, 2.05) is 18.0 Å². The van der Waals surface area contributed by atoms with Crippen LogP contribution in [0.2, 0.25) is 5.02 Å². The molecular weight excluding hydrogens is 406 g/mol. The molecule has 1 aliphatic heterocycles. The molecule has 0 bridgehead atoms. The molecule has 0 unspecified atom stereocenters. The fourth-order valence-electron chi connectivity index (χ4n) is 4.09. The molecule has 1 fully saturated rings. The Morgan fingerprint density at radius 1 is 1.17 bits per heavy atom. The van der Waals surface area contributed by atoms with Gasteiger partial charge in [-0.05, 0) is 70.5 Å². The smallest absolute Gasteiger partial charge is 0.162 e. The van der Waals surface area contributed by atoms with E-state index in [9.17, 15) is 0 Å². The van der Waals surface area contributed by atoms with Crippen molar-refractivity contribution >= 4 is 33.6 Å². The predicted molar refractivity (Wildman–Crippen MR) is 121 cm³/mol. The molecule has 7 nitrogen and oxygen atoms in total. The van der Waals surface area contributed by atoms with Gasteiger partial charge in [-0.3, -0.25) is 10.8 Å². The van der Waals surface area contributed by atoms with Crippen molar-refractivity contribution < 1.29 is 0 Å². The van der Waals surface area contributed by atoms with E-state index in [0.717, 1.165) is 30.3 Å². The van der Waals surface area contributed by atoms with Gasteiger partial charge in [-0.1, -0.05) is 11.6 Å². The Bertz CT molecular complexity index is 892. The Morgan fingerprint density at radius 3 is 2.31 bits per heavy atom. The molecule has 0 radical (unpaired) electrons. The van der Waals surface area contributed by atoms with Gasteiger partial charge in [-0.2, -0.15) is 15.0 Å². The van der Waals surface area contributed by atoms with E-state index in [4.69, 9.17) is 22.4 Å². The highest BCUT2D eigenvalue weighted by Crippen LogP contribution is 2.33. The molecule has 1 aliphatic rings. The molecule has 0 spiro atoms. The van der Waals surface area contributed by atoms with Gasteiger partial charge >= 0.3 is 0 Å². The third-order valence-corrected chi connectivity index (χ3v) is 6.30. The van der Waals surface area contributed by atoms with Crippen LogP contribution in [0.5, 0.6) is 0 Å². The molecule has 1 saturated heterocycles. The Balaban J connectivity index is 1.69. The molecule has 1 aromatic carbocycles. The van der Waals surface area contributed by atoms with Crippen molar-refractivity contribution in [2.45, 2.75) is 57.7 Å². The van der Waals surface area contributed by atoms with Crippen LogP contribution >= 0.6 is 23.4 Å². The number of hydrogen-bond acceptors (Lipinski definition) is 6. The molecule has 9 heteroatoms. The SMILES string of the molecule is CN(C(=N)SC(=N)c1ccc(-n2nccn2)cc1Cl)C1CC(C)(C)NC(C)(C)C1. The number of halogens is 1. The van der Waals surface area contributed by atoms with Crippen LogP contribution in [-0.2, 0) is 0 Å². The monoisotopic (exact) mass is 433 g/mol. The average Bonchev–Trinajstić information content (AvgIpc) is 3.12. The lowest BCUT2D eigenvalue weighted by molar-refractivity contribution is 0.114. The van der Waals surface area contributed by atoms with Crippen LogP contribution in [0, 0.1) is 10.8 Å². The highest BCUT2D eigenvalue weighted by atomic mass is 35.5. The van der Waals surface area contributed by atoms with Crippen LogP contribution in [0.3, 0.4) is 0 Å². The van der Waals surface area contributed by atoms with Gasteiger partial charge in [0.05, 0.1) is 23.1 Å². The zero-order valence-electron chi connectivity index (χ0n) is 17.5. The van der Waals surface area contributed by atoms with Gasteiger partial charge in [0.15, 0.2) is 5.17 Å². The van der Waals surface area contributed by atoms with Crippen LogP contribution in [0.25, 0.3) is 5.69 Å². The predicted octanol–water partition coefficient (Wildman–Crippen LogP) is 4.16. The molecule has 156 valence electrons. The minimum absolute atomic E-state index is 0.00118. The third-order valence-electron chi connectivity index (χ3n) is 5.08. The first kappa shape index (κ1) is 21.8. The van der Waals surface area contributed by atoms with Gasteiger partial charge in [0.1, 0.15) is 5.04 Å². The summed E-state index contributed by atoms with van der Waals surface area (Å²) in [6, 6.07) is 5.57. The first-order valence-corrected chi connectivity index (χ1v) is 10.7. The summed E-state index contributed by atoms with van der Waals surface area (Å²) in [5, 5.41) is 29.9. The van der Waals surface area contributed by atoms with Crippen molar-refractivity contribution in [2.24, 2.45) is 0 Å². The normalized spacial score (nSPS) is 18.4. The van der Waals surface area contributed by atoms with Crippen molar-refractivity contribution in [1.29, 1.82) is 10.8 Å². The Morgan fingerprint density at radius 2 is 1.76 bits per heavy atom. The summed E-state index contributed by atoms with van der Waals surface area (Å²) in [7, 11) is 1.94. The van der Waals surface area contributed by atoms with E-state index in [1.165, 1.54) is 4.80 Å². The standard InChI is InChI=1S/C20H28ClN7S/c1-19(2)11-14(12-20(3,4)26-19)27(5)18(23)29-17(22)15-7-6-13(10-16(15)21)28-24-8-9-25-28/h6-10,14,22-23,26H,11-12H2,1-5H3. The Hall–Kier alpha value is -1.90. The number of thioether (sulfide) groups is 1. The maximum Gasteiger partial charge on any atom is 0.162 e. The lowest BCUT2D eigenvalue weighted by Gasteiger charge is -2.49. The van der Waals surface area contributed by atoms with Crippen LogP contribution in [0.1, 0.15) is 46.1 Å². The average molecular weight is 434 g/mol. The summed E-state index contributed by atoms with van der Waals surface area (Å²) in [5.41, 5.74) is 1.32. The minimum atomic E-state index is -0.00118.